The van der Waals surface area contributed by atoms with E-state index in [0.717, 1.165) is 17.8 Å². The molecular weight excluding hydrogens is 375 g/mol. The second-order valence-corrected chi connectivity index (χ2v) is 7.00. The lowest BCUT2D eigenvalue weighted by Crippen LogP contribution is -2.40. The molecule has 26 heavy (non-hydrogen) atoms. The van der Waals surface area contributed by atoms with Gasteiger partial charge >= 0.3 is 5.69 Å². The number of benzene rings is 1. The van der Waals surface area contributed by atoms with Crippen molar-refractivity contribution in [1.29, 1.82) is 0 Å². The van der Waals surface area contributed by atoms with Gasteiger partial charge in [-0.25, -0.2) is 9.78 Å². The van der Waals surface area contributed by atoms with E-state index >= 15 is 0 Å². The van der Waals surface area contributed by atoms with Gasteiger partial charge in [-0.3, -0.25) is 13.9 Å². The molecule has 0 unspecified atom stereocenters. The topological polar surface area (TPSA) is 61.8 Å². The highest BCUT2D eigenvalue weighted by molar-refractivity contribution is 6.42. The Balaban J connectivity index is 2.27. The van der Waals surface area contributed by atoms with E-state index in [1.165, 1.54) is 4.57 Å². The molecule has 3 aromatic rings. The first-order chi connectivity index (χ1) is 12.4. The van der Waals surface area contributed by atoms with E-state index in [1.807, 2.05) is 13.8 Å². The van der Waals surface area contributed by atoms with Crippen LogP contribution < -0.4 is 11.2 Å². The van der Waals surface area contributed by atoms with Crippen molar-refractivity contribution in [2.45, 2.75) is 39.8 Å². The van der Waals surface area contributed by atoms with E-state index in [2.05, 4.69) is 4.98 Å². The molecule has 0 bridgehead atoms. The van der Waals surface area contributed by atoms with Gasteiger partial charge in [-0.15, -0.1) is 0 Å². The van der Waals surface area contributed by atoms with Gasteiger partial charge in [-0.1, -0.05) is 43.1 Å². The van der Waals surface area contributed by atoms with Crippen molar-refractivity contribution in [1.82, 2.24) is 18.7 Å². The normalized spacial score (nSPS) is 11.4. The first kappa shape index (κ1) is 18.7. The average Bonchev–Trinajstić information content (AvgIpc) is 2.95. The first-order valence-corrected chi connectivity index (χ1v) is 9.27. The number of hydrogen-bond donors (Lipinski definition) is 0. The van der Waals surface area contributed by atoms with Crippen molar-refractivity contribution in [2.24, 2.45) is 7.05 Å². The Labute approximate surface area is 160 Å². The fourth-order valence-electron chi connectivity index (χ4n) is 3.11. The van der Waals surface area contributed by atoms with Crippen LogP contribution in [-0.2, 0) is 26.6 Å². The monoisotopic (exact) mass is 394 g/mol. The summed E-state index contributed by atoms with van der Waals surface area (Å²) >= 11 is 12.0. The molecule has 0 spiro atoms. The number of hydrogen-bond acceptors (Lipinski definition) is 3. The van der Waals surface area contributed by atoms with Crippen molar-refractivity contribution in [3.63, 3.8) is 0 Å². The van der Waals surface area contributed by atoms with Crippen molar-refractivity contribution in [2.75, 3.05) is 0 Å². The van der Waals surface area contributed by atoms with Crippen molar-refractivity contribution in [3.8, 4) is 0 Å². The zero-order chi connectivity index (χ0) is 19.0. The van der Waals surface area contributed by atoms with Gasteiger partial charge in [-0.2, -0.15) is 0 Å². The minimum Gasteiger partial charge on any atom is -0.325 e. The minimum atomic E-state index is -0.365. The third-order valence-electron chi connectivity index (χ3n) is 4.42. The van der Waals surface area contributed by atoms with Crippen LogP contribution in [0, 0.1) is 0 Å². The molecule has 6 nitrogen and oxygen atoms in total. The van der Waals surface area contributed by atoms with Gasteiger partial charge in [0.15, 0.2) is 11.2 Å². The summed E-state index contributed by atoms with van der Waals surface area (Å²) in [4.78, 5) is 30.5. The average molecular weight is 395 g/mol. The molecule has 0 N–H and O–H groups in total. The summed E-state index contributed by atoms with van der Waals surface area (Å²) in [6.45, 7) is 4.58. The number of halogens is 2. The van der Waals surface area contributed by atoms with Crippen molar-refractivity contribution in [3.05, 3.63) is 60.5 Å². The van der Waals surface area contributed by atoms with E-state index in [9.17, 15) is 9.59 Å². The fraction of sp³-hybridized carbons (Fsp3) is 0.389. The van der Waals surface area contributed by atoms with Crippen LogP contribution >= 0.6 is 23.2 Å². The summed E-state index contributed by atoms with van der Waals surface area (Å²) in [5.41, 5.74) is 0.912. The molecule has 0 atom stereocenters. The molecule has 138 valence electrons. The molecule has 3 rings (SSSR count). The van der Waals surface area contributed by atoms with Crippen LogP contribution in [-0.4, -0.2) is 18.7 Å². The van der Waals surface area contributed by atoms with Crippen LogP contribution in [0.3, 0.4) is 0 Å². The Bertz CT molecular complexity index is 1100. The molecule has 0 fully saturated rings. The number of nitrogens with zero attached hydrogens (tertiary/aromatic N) is 4. The smallest absolute Gasteiger partial charge is 0.325 e. The van der Waals surface area contributed by atoms with E-state index in [4.69, 9.17) is 23.2 Å². The number of aromatic nitrogens is 4. The Morgan fingerprint density at radius 1 is 1.08 bits per heavy atom. The van der Waals surface area contributed by atoms with Crippen molar-refractivity contribution >= 4 is 34.4 Å². The van der Waals surface area contributed by atoms with Crippen LogP contribution in [0.5, 0.6) is 0 Å². The summed E-state index contributed by atoms with van der Waals surface area (Å²) in [5, 5.41) is 0.821. The summed E-state index contributed by atoms with van der Waals surface area (Å²) in [7, 11) is 1.81. The van der Waals surface area contributed by atoms with Gasteiger partial charge in [-0.05, 0) is 24.1 Å². The molecule has 0 amide bonds. The quantitative estimate of drug-likeness (QED) is 0.667. The lowest BCUT2D eigenvalue weighted by molar-refractivity contribution is 0.588. The molecule has 0 aliphatic heterocycles. The maximum Gasteiger partial charge on any atom is 0.333 e. The maximum atomic E-state index is 13.0. The minimum absolute atomic E-state index is 0.126. The third-order valence-corrected chi connectivity index (χ3v) is 5.16. The van der Waals surface area contributed by atoms with Gasteiger partial charge in [0.05, 0.1) is 16.6 Å². The number of fused-ring (bicyclic) bond motifs is 1. The Hall–Kier alpha value is -2.05. The van der Waals surface area contributed by atoms with Gasteiger partial charge < -0.3 is 4.57 Å². The third kappa shape index (κ3) is 3.08. The van der Waals surface area contributed by atoms with Crippen LogP contribution in [0.25, 0.3) is 11.2 Å². The molecule has 1 aromatic carbocycles. The highest BCUT2D eigenvalue weighted by atomic mass is 35.5. The van der Waals surface area contributed by atoms with Crippen LogP contribution in [0.15, 0.2) is 27.8 Å². The fourth-order valence-corrected chi connectivity index (χ4v) is 3.43. The highest BCUT2D eigenvalue weighted by Gasteiger charge is 2.19. The van der Waals surface area contributed by atoms with E-state index in [1.54, 1.807) is 34.4 Å². The zero-order valence-corrected chi connectivity index (χ0v) is 16.4. The van der Waals surface area contributed by atoms with E-state index < -0.39 is 0 Å². The predicted molar refractivity (Wildman–Crippen MR) is 104 cm³/mol. The standard InChI is InChI=1S/C18H20Cl2N4O2/c1-4-8-23-16-15(22(3)14(5-2)21-16)17(25)24(18(23)26)10-11-6-7-12(19)13(20)9-11/h6-7,9H,4-5,8,10H2,1-3H3. The molecule has 0 aliphatic rings. The maximum absolute atomic E-state index is 13.0. The SMILES string of the molecule is CCCn1c(=O)n(Cc2ccc(Cl)c(Cl)c2)c(=O)c2c1nc(CC)n2C. The van der Waals surface area contributed by atoms with E-state index in [0.29, 0.717) is 34.2 Å². The summed E-state index contributed by atoms with van der Waals surface area (Å²) < 4.78 is 4.58. The Kier molecular flexibility index (Phi) is 5.25. The zero-order valence-electron chi connectivity index (χ0n) is 14.9. The van der Waals surface area contributed by atoms with Gasteiger partial charge in [0.1, 0.15) is 5.82 Å². The molecule has 0 aliphatic carbocycles. The molecule has 2 heterocycles. The van der Waals surface area contributed by atoms with Crippen LogP contribution in [0.2, 0.25) is 10.0 Å². The lowest BCUT2D eigenvalue weighted by Gasteiger charge is -2.11. The number of imidazole rings is 1. The second kappa shape index (κ2) is 7.29. The van der Waals surface area contributed by atoms with E-state index in [-0.39, 0.29) is 17.8 Å². The van der Waals surface area contributed by atoms with Crippen LogP contribution in [0.4, 0.5) is 0 Å². The Morgan fingerprint density at radius 2 is 1.81 bits per heavy atom. The number of rotatable bonds is 5. The van der Waals surface area contributed by atoms with Gasteiger partial charge in [0.2, 0.25) is 0 Å². The summed E-state index contributed by atoms with van der Waals surface area (Å²) in [6.07, 6.45) is 1.44. The second-order valence-electron chi connectivity index (χ2n) is 6.19. The molecule has 0 saturated heterocycles. The van der Waals surface area contributed by atoms with Gasteiger partial charge in [0, 0.05) is 20.0 Å². The largest absolute Gasteiger partial charge is 0.333 e. The first-order valence-electron chi connectivity index (χ1n) is 8.51. The summed E-state index contributed by atoms with van der Waals surface area (Å²) in [5.74, 6) is 0.772. The molecule has 8 heteroatoms. The van der Waals surface area contributed by atoms with Crippen molar-refractivity contribution < 1.29 is 0 Å². The lowest BCUT2D eigenvalue weighted by atomic mass is 10.2. The molecule has 0 saturated carbocycles. The number of aryl methyl sites for hydroxylation is 3. The summed E-state index contributed by atoms with van der Waals surface area (Å²) in [6, 6.07) is 5.09. The Morgan fingerprint density at radius 3 is 2.42 bits per heavy atom. The highest BCUT2D eigenvalue weighted by Crippen LogP contribution is 2.22. The predicted octanol–water partition coefficient (Wildman–Crippen LogP) is 3.22. The van der Waals surface area contributed by atoms with Gasteiger partial charge in [0.25, 0.3) is 5.56 Å². The molecule has 0 radical (unpaired) electrons. The molecular formula is C18H20Cl2N4O2. The van der Waals surface area contributed by atoms with Crippen LogP contribution in [0.1, 0.15) is 31.7 Å². The molecule has 2 aromatic heterocycles.